The number of benzene rings is 2. The molecular weight excluding hydrogens is 418 g/mol. The van der Waals surface area contributed by atoms with Crippen molar-refractivity contribution in [3.05, 3.63) is 82.6 Å². The lowest BCUT2D eigenvalue weighted by molar-refractivity contribution is -0.115. The molecule has 1 aliphatic carbocycles. The Morgan fingerprint density at radius 3 is 2.50 bits per heavy atom. The zero-order valence-corrected chi connectivity index (χ0v) is 20.2. The maximum Gasteiger partial charge on any atom is 0.248 e. The average Bonchev–Trinajstić information content (AvgIpc) is 2.72. The second-order valence-corrected chi connectivity index (χ2v) is 10.2. The quantitative estimate of drug-likeness (QED) is 0.465. The summed E-state index contributed by atoms with van der Waals surface area (Å²) in [6.45, 7) is 10.3. The van der Waals surface area contributed by atoms with Crippen molar-refractivity contribution >= 4 is 22.4 Å². The van der Waals surface area contributed by atoms with E-state index in [1.54, 1.807) is 0 Å². The molecule has 0 N–H and O–H groups in total. The number of ether oxygens (including phenoxy) is 1. The van der Waals surface area contributed by atoms with Gasteiger partial charge in [-0.05, 0) is 94.6 Å². The molecule has 0 aromatic heterocycles. The molecule has 2 aliphatic rings. The van der Waals surface area contributed by atoms with Gasteiger partial charge in [0.05, 0.1) is 6.61 Å². The highest BCUT2D eigenvalue weighted by Gasteiger charge is 2.28. The van der Waals surface area contributed by atoms with E-state index < -0.39 is 0 Å². The number of aryl methyl sites for hydroxylation is 1. The van der Waals surface area contributed by atoms with Gasteiger partial charge < -0.3 is 9.64 Å². The van der Waals surface area contributed by atoms with Crippen LogP contribution in [0.1, 0.15) is 56.4 Å². The Labute approximate surface area is 196 Å². The zero-order chi connectivity index (χ0) is 22.9. The molecule has 1 aliphatic heterocycles. The predicted octanol–water partition coefficient (Wildman–Crippen LogP) is 6.29. The molecule has 1 heterocycles. The minimum Gasteiger partial charge on any atom is -0.493 e. The van der Waals surface area contributed by atoms with Gasteiger partial charge in [-0.25, -0.2) is 0 Å². The largest absolute Gasteiger partial charge is 0.493 e. The molecule has 0 amide bonds. The van der Waals surface area contributed by atoms with Crippen LogP contribution < -0.4 is 4.74 Å². The molecule has 0 radical (unpaired) electrons. The van der Waals surface area contributed by atoms with Crippen molar-refractivity contribution in [2.45, 2.75) is 58.4 Å². The summed E-state index contributed by atoms with van der Waals surface area (Å²) in [5.41, 5.74) is 8.13. The highest BCUT2D eigenvalue weighted by molar-refractivity contribution is 6.65. The number of hydrogen-bond acceptors (Lipinski definition) is 3. The number of rotatable bonds is 7. The van der Waals surface area contributed by atoms with Crippen molar-refractivity contribution in [2.24, 2.45) is 0 Å². The molecule has 3 nitrogen and oxygen atoms in total. The van der Waals surface area contributed by atoms with E-state index in [1.807, 2.05) is 17.2 Å². The summed E-state index contributed by atoms with van der Waals surface area (Å²) in [6.07, 6.45) is 6.69. The lowest BCUT2D eigenvalue weighted by atomic mass is 9.85. The fourth-order valence-electron chi connectivity index (χ4n) is 4.42. The van der Waals surface area contributed by atoms with Crippen LogP contribution in [-0.4, -0.2) is 29.3 Å². The van der Waals surface area contributed by atoms with Crippen molar-refractivity contribution < 1.29 is 9.53 Å². The van der Waals surface area contributed by atoms with Crippen LogP contribution in [0, 0.1) is 0 Å². The summed E-state index contributed by atoms with van der Waals surface area (Å²) in [6, 6.07) is 15.0. The minimum atomic E-state index is -0.311. The summed E-state index contributed by atoms with van der Waals surface area (Å²) in [4.78, 5) is 13.5. The van der Waals surface area contributed by atoms with Crippen molar-refractivity contribution in [2.75, 3.05) is 13.2 Å². The molecule has 1 atom stereocenters. The monoisotopic (exact) mass is 449 g/mol. The Bertz CT molecular complexity index is 1060. The van der Waals surface area contributed by atoms with Gasteiger partial charge in [0.1, 0.15) is 11.8 Å². The van der Waals surface area contributed by atoms with Crippen LogP contribution >= 0.6 is 11.6 Å². The van der Waals surface area contributed by atoms with Gasteiger partial charge in [-0.2, -0.15) is 0 Å². The maximum absolute atomic E-state index is 11.5. The molecule has 0 fully saturated rings. The van der Waals surface area contributed by atoms with Gasteiger partial charge in [0, 0.05) is 13.0 Å². The fraction of sp³-hybridized carbons (Fsp3) is 0.393. The summed E-state index contributed by atoms with van der Waals surface area (Å²) in [5.74, 6) is 0.935. The zero-order valence-electron chi connectivity index (χ0n) is 19.5. The first-order chi connectivity index (χ1) is 15.2. The number of allylic oxidation sites excluding steroid dienone is 1. The summed E-state index contributed by atoms with van der Waals surface area (Å²) in [7, 11) is 0. The lowest BCUT2D eigenvalue weighted by Crippen LogP contribution is -2.42. The fourth-order valence-corrected chi connectivity index (χ4v) is 4.62. The number of halogens is 1. The summed E-state index contributed by atoms with van der Waals surface area (Å²) < 4.78 is 6.08. The van der Waals surface area contributed by atoms with Crippen molar-refractivity contribution in [3.63, 3.8) is 0 Å². The van der Waals surface area contributed by atoms with Gasteiger partial charge in [-0.1, -0.05) is 51.1 Å². The molecule has 4 heteroatoms. The number of nitrogens with zero attached hydrogens (tertiary/aromatic N) is 1. The van der Waals surface area contributed by atoms with Crippen LogP contribution in [0.15, 0.2) is 60.3 Å². The van der Waals surface area contributed by atoms with E-state index in [0.29, 0.717) is 6.61 Å². The van der Waals surface area contributed by atoms with Crippen molar-refractivity contribution in [1.29, 1.82) is 0 Å². The first kappa shape index (κ1) is 22.7. The number of fused-ring (bicyclic) bond motifs is 1. The van der Waals surface area contributed by atoms with Gasteiger partial charge in [0.2, 0.25) is 5.24 Å². The lowest BCUT2D eigenvalue weighted by Gasteiger charge is -2.35. The van der Waals surface area contributed by atoms with E-state index in [-0.39, 0.29) is 16.7 Å². The topological polar surface area (TPSA) is 29.5 Å². The van der Waals surface area contributed by atoms with E-state index >= 15 is 0 Å². The molecule has 168 valence electrons. The molecule has 1 unspecified atom stereocenters. The summed E-state index contributed by atoms with van der Waals surface area (Å²) >= 11 is 5.67. The molecule has 32 heavy (non-hydrogen) atoms. The number of carbonyl (C=O) groups excluding carboxylic acids is 1. The van der Waals surface area contributed by atoms with Gasteiger partial charge in [0.25, 0.3) is 0 Å². The van der Waals surface area contributed by atoms with Crippen LogP contribution in [0.2, 0.25) is 0 Å². The molecule has 2 aromatic carbocycles. The Morgan fingerprint density at radius 2 is 1.88 bits per heavy atom. The van der Waals surface area contributed by atoms with E-state index in [0.717, 1.165) is 31.6 Å². The third kappa shape index (κ3) is 4.94. The third-order valence-electron chi connectivity index (χ3n) is 6.61. The Kier molecular flexibility index (Phi) is 6.48. The van der Waals surface area contributed by atoms with Crippen LogP contribution in [0.5, 0.6) is 5.75 Å². The minimum absolute atomic E-state index is 0.180. The highest BCUT2D eigenvalue weighted by Crippen LogP contribution is 2.34. The van der Waals surface area contributed by atoms with Crippen LogP contribution in [-0.2, 0) is 23.1 Å². The van der Waals surface area contributed by atoms with E-state index in [2.05, 4.69) is 70.2 Å². The van der Waals surface area contributed by atoms with Gasteiger partial charge in [-0.15, -0.1) is 0 Å². The van der Waals surface area contributed by atoms with E-state index in [1.165, 1.54) is 33.4 Å². The standard InChI is InChI=1S/C28H32ClNO2/c1-19-22(18-30-15-13-26(30)27(29)31)8-7-21-17-24(11-12-25(19)21)32-16-14-20-5-9-23(10-6-20)28(2,3)4/h5-6,9-13,15,17,26H,7-8,14,16,18H2,1-4H3. The van der Waals surface area contributed by atoms with Gasteiger partial charge >= 0.3 is 0 Å². The SMILES string of the molecule is CC1=C(CN2C=CC2C(=O)Cl)CCc2cc(OCCc3ccc(C(C)(C)C)cc3)ccc21. The summed E-state index contributed by atoms with van der Waals surface area (Å²) in [5, 5.41) is -0.311. The first-order valence-electron chi connectivity index (χ1n) is 11.4. The second-order valence-electron chi connectivity index (χ2n) is 9.86. The maximum atomic E-state index is 11.5. The Hall–Kier alpha value is -2.52. The third-order valence-corrected chi connectivity index (χ3v) is 6.83. The Morgan fingerprint density at radius 1 is 1.12 bits per heavy atom. The molecule has 0 spiro atoms. The van der Waals surface area contributed by atoms with E-state index in [9.17, 15) is 4.79 Å². The normalized spacial score (nSPS) is 17.8. The van der Waals surface area contributed by atoms with E-state index in [4.69, 9.17) is 16.3 Å². The van der Waals surface area contributed by atoms with Crippen LogP contribution in [0.25, 0.3) is 5.57 Å². The number of carbonyl (C=O) groups is 1. The molecular formula is C28H32ClNO2. The van der Waals surface area contributed by atoms with Gasteiger partial charge in [0.15, 0.2) is 0 Å². The second kappa shape index (κ2) is 9.15. The molecule has 0 saturated heterocycles. The molecule has 0 bridgehead atoms. The average molecular weight is 450 g/mol. The number of hydrogen-bond donors (Lipinski definition) is 0. The van der Waals surface area contributed by atoms with Crippen molar-refractivity contribution in [1.82, 2.24) is 4.90 Å². The Balaban J connectivity index is 1.36. The smallest absolute Gasteiger partial charge is 0.248 e. The molecule has 2 aromatic rings. The molecule has 0 saturated carbocycles. The predicted molar refractivity (Wildman–Crippen MR) is 132 cm³/mol. The molecule has 4 rings (SSSR count). The van der Waals surface area contributed by atoms with Gasteiger partial charge in [-0.3, -0.25) is 4.79 Å². The van der Waals surface area contributed by atoms with Crippen molar-refractivity contribution in [3.8, 4) is 5.75 Å². The highest BCUT2D eigenvalue weighted by atomic mass is 35.5. The van der Waals surface area contributed by atoms with Crippen LogP contribution in [0.4, 0.5) is 0 Å². The first-order valence-corrected chi connectivity index (χ1v) is 11.8. The van der Waals surface area contributed by atoms with Crippen LogP contribution in [0.3, 0.4) is 0 Å².